The van der Waals surface area contributed by atoms with E-state index in [9.17, 15) is 4.79 Å². The van der Waals surface area contributed by atoms with Gasteiger partial charge in [0, 0.05) is 22.1 Å². The number of halogens is 1. The smallest absolute Gasteiger partial charge is 0.260 e. The fourth-order valence-corrected chi connectivity index (χ4v) is 2.25. The van der Waals surface area contributed by atoms with E-state index in [1.165, 1.54) is 0 Å². The molecule has 0 saturated heterocycles. The Labute approximate surface area is 128 Å². The van der Waals surface area contributed by atoms with Gasteiger partial charge in [0.15, 0.2) is 6.10 Å². The van der Waals surface area contributed by atoms with Crippen LogP contribution in [0.15, 0.2) is 22.7 Å². The highest BCUT2D eigenvalue weighted by Crippen LogP contribution is 2.29. The van der Waals surface area contributed by atoms with Gasteiger partial charge in [-0.1, -0.05) is 22.0 Å². The molecule has 1 fully saturated rings. The van der Waals surface area contributed by atoms with Gasteiger partial charge in [0.05, 0.1) is 0 Å². The van der Waals surface area contributed by atoms with Crippen molar-refractivity contribution in [2.45, 2.75) is 44.9 Å². The molecule has 2 rings (SSSR count). The molecule has 0 radical (unpaired) electrons. The van der Waals surface area contributed by atoms with Gasteiger partial charge in [0.1, 0.15) is 5.75 Å². The first kappa shape index (κ1) is 15.3. The van der Waals surface area contributed by atoms with Gasteiger partial charge in [-0.05, 0) is 45.9 Å². The Morgan fingerprint density at radius 1 is 1.40 bits per heavy atom. The fourth-order valence-electron chi connectivity index (χ4n) is 1.91. The zero-order valence-corrected chi connectivity index (χ0v) is 13.7. The number of carbonyl (C=O) groups excluding carboxylic acids is 1. The molecule has 4 nitrogen and oxygen atoms in total. The first-order chi connectivity index (χ1) is 9.51. The maximum Gasteiger partial charge on any atom is 0.260 e. The molecule has 1 amide bonds. The second-order valence-electron chi connectivity index (χ2n) is 5.24. The number of benzene rings is 1. The number of rotatable bonds is 6. The molecule has 1 saturated carbocycles. The van der Waals surface area contributed by atoms with Gasteiger partial charge >= 0.3 is 0 Å². The molecule has 2 N–H and O–H groups in total. The van der Waals surface area contributed by atoms with Crippen molar-refractivity contribution in [2.24, 2.45) is 0 Å². The van der Waals surface area contributed by atoms with E-state index in [-0.39, 0.29) is 11.9 Å². The Kier molecular flexibility index (Phi) is 5.05. The number of amides is 1. The molecule has 0 aliphatic heterocycles. The van der Waals surface area contributed by atoms with Gasteiger partial charge in [0.25, 0.3) is 5.91 Å². The second-order valence-corrected chi connectivity index (χ2v) is 6.15. The molecule has 2 atom stereocenters. The number of nitrogens with one attached hydrogen (secondary N) is 2. The van der Waals surface area contributed by atoms with E-state index in [1.54, 1.807) is 6.92 Å². The Morgan fingerprint density at radius 2 is 2.10 bits per heavy atom. The number of carbonyl (C=O) groups is 1. The lowest BCUT2D eigenvalue weighted by atomic mass is 10.1. The maximum atomic E-state index is 12.0. The number of hydrogen-bond acceptors (Lipinski definition) is 3. The Balaban J connectivity index is 2.09. The minimum atomic E-state index is -0.493. The van der Waals surface area contributed by atoms with Crippen molar-refractivity contribution in [1.29, 1.82) is 0 Å². The topological polar surface area (TPSA) is 50.4 Å². The van der Waals surface area contributed by atoms with E-state index in [0.717, 1.165) is 28.6 Å². The molecule has 0 heterocycles. The van der Waals surface area contributed by atoms with E-state index in [1.807, 2.05) is 25.2 Å². The predicted molar refractivity (Wildman–Crippen MR) is 82.9 cm³/mol. The van der Waals surface area contributed by atoms with Crippen molar-refractivity contribution in [3.63, 3.8) is 0 Å². The van der Waals surface area contributed by atoms with Crippen LogP contribution >= 0.6 is 15.9 Å². The molecule has 0 bridgehead atoms. The van der Waals surface area contributed by atoms with Gasteiger partial charge in [-0.15, -0.1) is 0 Å². The summed E-state index contributed by atoms with van der Waals surface area (Å²) in [7, 11) is 1.90. The Morgan fingerprint density at radius 3 is 2.70 bits per heavy atom. The molecule has 1 aliphatic carbocycles. The largest absolute Gasteiger partial charge is 0.481 e. The molecule has 0 spiro atoms. The van der Waals surface area contributed by atoms with Crippen LogP contribution in [0.5, 0.6) is 5.75 Å². The molecule has 1 aromatic carbocycles. The van der Waals surface area contributed by atoms with Crippen molar-refractivity contribution >= 4 is 21.8 Å². The lowest BCUT2D eigenvalue weighted by molar-refractivity contribution is -0.127. The summed E-state index contributed by atoms with van der Waals surface area (Å²) >= 11 is 3.44. The third-order valence-electron chi connectivity index (χ3n) is 3.47. The van der Waals surface area contributed by atoms with E-state index >= 15 is 0 Å². The third kappa shape index (κ3) is 3.96. The van der Waals surface area contributed by atoms with Gasteiger partial charge in [-0.25, -0.2) is 0 Å². The first-order valence-corrected chi connectivity index (χ1v) is 7.74. The molecule has 0 aromatic heterocycles. The summed E-state index contributed by atoms with van der Waals surface area (Å²) in [5.41, 5.74) is 1.04. The van der Waals surface area contributed by atoms with Crippen molar-refractivity contribution in [3.05, 3.63) is 28.2 Å². The molecule has 110 valence electrons. The van der Waals surface area contributed by atoms with E-state index in [0.29, 0.717) is 6.04 Å². The number of hydrogen-bond donors (Lipinski definition) is 2. The highest BCUT2D eigenvalue weighted by atomic mass is 79.9. The van der Waals surface area contributed by atoms with Gasteiger partial charge < -0.3 is 15.4 Å². The summed E-state index contributed by atoms with van der Waals surface area (Å²) in [5.74, 6) is 0.690. The van der Waals surface area contributed by atoms with E-state index in [2.05, 4.69) is 33.5 Å². The summed E-state index contributed by atoms with van der Waals surface area (Å²) in [4.78, 5) is 12.0. The van der Waals surface area contributed by atoms with Crippen LogP contribution < -0.4 is 15.4 Å². The van der Waals surface area contributed by atoms with Crippen LogP contribution in [0.4, 0.5) is 0 Å². The molecule has 2 unspecified atom stereocenters. The van der Waals surface area contributed by atoms with Crippen molar-refractivity contribution in [2.75, 3.05) is 7.05 Å². The zero-order valence-electron chi connectivity index (χ0n) is 12.1. The van der Waals surface area contributed by atoms with Crippen molar-refractivity contribution in [3.8, 4) is 5.75 Å². The summed E-state index contributed by atoms with van der Waals surface area (Å²) in [6, 6.07) is 6.41. The summed E-state index contributed by atoms with van der Waals surface area (Å²) in [5, 5.41) is 6.15. The normalized spacial score (nSPS) is 17.4. The summed E-state index contributed by atoms with van der Waals surface area (Å²) < 4.78 is 6.80. The lowest BCUT2D eigenvalue weighted by Crippen LogP contribution is -2.37. The van der Waals surface area contributed by atoms with Crippen molar-refractivity contribution in [1.82, 2.24) is 10.6 Å². The van der Waals surface area contributed by atoms with Gasteiger partial charge in [0.2, 0.25) is 0 Å². The maximum absolute atomic E-state index is 12.0. The Hall–Kier alpha value is -1.07. The minimum absolute atomic E-state index is 0.0458. The van der Waals surface area contributed by atoms with Crippen LogP contribution in [0.2, 0.25) is 0 Å². The average molecular weight is 341 g/mol. The Bertz CT molecular complexity index is 489. The minimum Gasteiger partial charge on any atom is -0.481 e. The highest BCUT2D eigenvalue weighted by Gasteiger charge is 2.26. The fraction of sp³-hybridized carbons (Fsp3) is 0.533. The van der Waals surface area contributed by atoms with Crippen LogP contribution in [0.3, 0.4) is 0 Å². The molecule has 1 aromatic rings. The second kappa shape index (κ2) is 6.59. The SMILES string of the molecule is CNC(C)c1ccc(Br)cc1OC(C)C(=O)NC1CC1. The average Bonchev–Trinajstić information content (AvgIpc) is 3.22. The van der Waals surface area contributed by atoms with Gasteiger partial charge in [-0.3, -0.25) is 4.79 Å². The molecule has 5 heteroatoms. The molecular formula is C15H21BrN2O2. The standard InChI is InChI=1S/C15H21BrN2O2/c1-9(17-3)13-7-4-11(16)8-14(13)20-10(2)15(19)18-12-5-6-12/h4,7-10,12,17H,5-6H2,1-3H3,(H,18,19). The summed E-state index contributed by atoms with van der Waals surface area (Å²) in [6.45, 7) is 3.84. The van der Waals surface area contributed by atoms with Crippen LogP contribution in [-0.4, -0.2) is 25.1 Å². The van der Waals surface area contributed by atoms with Crippen LogP contribution in [0.1, 0.15) is 38.3 Å². The number of ether oxygens (including phenoxy) is 1. The third-order valence-corrected chi connectivity index (χ3v) is 3.97. The van der Waals surface area contributed by atoms with Gasteiger partial charge in [-0.2, -0.15) is 0 Å². The monoisotopic (exact) mass is 340 g/mol. The predicted octanol–water partition coefficient (Wildman–Crippen LogP) is 2.78. The van der Waals surface area contributed by atoms with E-state index in [4.69, 9.17) is 4.74 Å². The van der Waals surface area contributed by atoms with Crippen LogP contribution in [-0.2, 0) is 4.79 Å². The van der Waals surface area contributed by atoms with E-state index < -0.39 is 6.10 Å². The molecule has 20 heavy (non-hydrogen) atoms. The first-order valence-electron chi connectivity index (χ1n) is 6.95. The molecular weight excluding hydrogens is 320 g/mol. The highest BCUT2D eigenvalue weighted by molar-refractivity contribution is 9.10. The quantitative estimate of drug-likeness (QED) is 0.837. The van der Waals surface area contributed by atoms with Crippen LogP contribution in [0, 0.1) is 0 Å². The van der Waals surface area contributed by atoms with Crippen LogP contribution in [0.25, 0.3) is 0 Å². The summed E-state index contributed by atoms with van der Waals surface area (Å²) in [6.07, 6.45) is 1.67. The lowest BCUT2D eigenvalue weighted by Gasteiger charge is -2.20. The zero-order chi connectivity index (χ0) is 14.7. The van der Waals surface area contributed by atoms with Crippen molar-refractivity contribution < 1.29 is 9.53 Å². The molecule has 1 aliphatic rings.